The molecular weight excluding hydrogens is 288 g/mol. The van der Waals surface area contributed by atoms with Crippen molar-refractivity contribution in [3.63, 3.8) is 0 Å². The Morgan fingerprint density at radius 1 is 1.40 bits per heavy atom. The van der Waals surface area contributed by atoms with Crippen molar-refractivity contribution < 1.29 is 27.9 Å². The third-order valence-corrected chi connectivity index (χ3v) is 5.42. The van der Waals surface area contributed by atoms with Gasteiger partial charge in [0.1, 0.15) is 0 Å². The molecule has 2 saturated heterocycles. The molecule has 0 aromatic carbocycles. The Bertz CT molecular complexity index is 505. The molecule has 2 rings (SSSR count). The van der Waals surface area contributed by atoms with Crippen molar-refractivity contribution in [2.75, 3.05) is 38.2 Å². The lowest BCUT2D eigenvalue weighted by Crippen LogP contribution is -2.54. The second kappa shape index (κ2) is 5.57. The van der Waals surface area contributed by atoms with Gasteiger partial charge in [-0.1, -0.05) is 0 Å². The van der Waals surface area contributed by atoms with Gasteiger partial charge in [-0.25, -0.2) is 18.0 Å². The first-order valence-electron chi connectivity index (χ1n) is 6.37. The van der Waals surface area contributed by atoms with Gasteiger partial charge < -0.3 is 19.6 Å². The third-order valence-electron chi connectivity index (χ3n) is 3.67. The number of hydrogen-bond acceptors (Lipinski definition) is 5. The molecule has 2 atom stereocenters. The zero-order chi connectivity index (χ0) is 14.9. The maximum Gasteiger partial charge on any atom is 0.334 e. The van der Waals surface area contributed by atoms with Crippen LogP contribution in [-0.2, 0) is 19.4 Å². The number of morpholine rings is 1. The Kier molecular flexibility index (Phi) is 4.19. The molecule has 2 amide bonds. The highest BCUT2D eigenvalue weighted by molar-refractivity contribution is 7.91. The number of urea groups is 1. The lowest BCUT2D eigenvalue weighted by molar-refractivity contribution is -0.154. The fourth-order valence-corrected chi connectivity index (χ4v) is 4.21. The molecule has 0 aromatic rings. The zero-order valence-corrected chi connectivity index (χ0v) is 12.0. The SMILES string of the molecule is CN(C(=O)N1CCOC(C(=O)O)C1)C1CCS(=O)(=O)C1. The van der Waals surface area contributed by atoms with Gasteiger partial charge in [-0.05, 0) is 6.42 Å². The van der Waals surface area contributed by atoms with Crippen LogP contribution in [0.5, 0.6) is 0 Å². The first-order chi connectivity index (χ1) is 9.30. The van der Waals surface area contributed by atoms with E-state index in [1.165, 1.54) is 9.80 Å². The highest BCUT2D eigenvalue weighted by Gasteiger charge is 2.36. The van der Waals surface area contributed by atoms with E-state index in [1.54, 1.807) is 7.05 Å². The summed E-state index contributed by atoms with van der Waals surface area (Å²) < 4.78 is 27.9. The Hall–Kier alpha value is -1.35. The van der Waals surface area contributed by atoms with Crippen LogP contribution in [0.25, 0.3) is 0 Å². The Morgan fingerprint density at radius 3 is 2.65 bits per heavy atom. The van der Waals surface area contributed by atoms with E-state index in [0.29, 0.717) is 13.0 Å². The van der Waals surface area contributed by atoms with E-state index in [4.69, 9.17) is 9.84 Å². The number of amides is 2. The van der Waals surface area contributed by atoms with Crippen LogP contribution in [0.2, 0.25) is 0 Å². The molecular formula is C11H18N2O6S. The van der Waals surface area contributed by atoms with Crippen molar-refractivity contribution in [2.45, 2.75) is 18.6 Å². The number of carboxylic acid groups (broad SMARTS) is 1. The molecule has 0 bridgehead atoms. The zero-order valence-electron chi connectivity index (χ0n) is 11.2. The normalized spacial score (nSPS) is 29.1. The number of carbonyl (C=O) groups excluding carboxylic acids is 1. The van der Waals surface area contributed by atoms with Crippen LogP contribution in [-0.4, -0.2) is 85.7 Å². The number of ether oxygens (including phenoxy) is 1. The van der Waals surface area contributed by atoms with Crippen molar-refractivity contribution in [2.24, 2.45) is 0 Å². The van der Waals surface area contributed by atoms with Gasteiger partial charge in [0.05, 0.1) is 24.7 Å². The highest BCUT2D eigenvalue weighted by Crippen LogP contribution is 2.18. The van der Waals surface area contributed by atoms with Crippen molar-refractivity contribution in [3.8, 4) is 0 Å². The van der Waals surface area contributed by atoms with Crippen LogP contribution in [0, 0.1) is 0 Å². The van der Waals surface area contributed by atoms with Gasteiger partial charge in [0.2, 0.25) is 0 Å². The molecule has 8 nitrogen and oxygen atoms in total. The molecule has 0 spiro atoms. The van der Waals surface area contributed by atoms with E-state index in [1.807, 2.05) is 0 Å². The number of nitrogens with zero attached hydrogens (tertiary/aromatic N) is 2. The summed E-state index contributed by atoms with van der Waals surface area (Å²) in [4.78, 5) is 25.9. The predicted octanol–water partition coefficient (Wildman–Crippen LogP) is -0.989. The van der Waals surface area contributed by atoms with E-state index in [2.05, 4.69) is 0 Å². The molecule has 2 aliphatic heterocycles. The smallest absolute Gasteiger partial charge is 0.334 e. The molecule has 0 saturated carbocycles. The van der Waals surface area contributed by atoms with E-state index in [9.17, 15) is 18.0 Å². The van der Waals surface area contributed by atoms with Crippen LogP contribution >= 0.6 is 0 Å². The van der Waals surface area contributed by atoms with Gasteiger partial charge in [0, 0.05) is 19.6 Å². The second-order valence-electron chi connectivity index (χ2n) is 5.09. The van der Waals surface area contributed by atoms with Crippen LogP contribution in [0.15, 0.2) is 0 Å². The van der Waals surface area contributed by atoms with Crippen LogP contribution in [0.3, 0.4) is 0 Å². The van der Waals surface area contributed by atoms with Gasteiger partial charge in [0.15, 0.2) is 15.9 Å². The average molecular weight is 306 g/mol. The molecule has 0 aliphatic carbocycles. The molecule has 114 valence electrons. The van der Waals surface area contributed by atoms with E-state index in [0.717, 1.165) is 0 Å². The fraction of sp³-hybridized carbons (Fsp3) is 0.818. The molecule has 0 aromatic heterocycles. The molecule has 9 heteroatoms. The summed E-state index contributed by atoms with van der Waals surface area (Å²) in [6.07, 6.45) is -0.592. The summed E-state index contributed by atoms with van der Waals surface area (Å²) in [5, 5.41) is 8.90. The summed E-state index contributed by atoms with van der Waals surface area (Å²) in [7, 11) is -1.51. The quantitative estimate of drug-likeness (QED) is 0.702. The van der Waals surface area contributed by atoms with Gasteiger partial charge in [-0.15, -0.1) is 0 Å². The molecule has 2 aliphatic rings. The number of aliphatic carboxylic acids is 1. The lowest BCUT2D eigenvalue weighted by Gasteiger charge is -2.35. The standard InChI is InChI=1S/C11H18N2O6S/c1-12(8-2-5-20(17,18)7-8)11(16)13-3-4-19-9(6-13)10(14)15/h8-9H,2-7H2,1H3,(H,14,15). The number of rotatable bonds is 2. The summed E-state index contributed by atoms with van der Waals surface area (Å²) in [6.45, 7) is 0.462. The van der Waals surface area contributed by atoms with Crippen molar-refractivity contribution in [1.82, 2.24) is 9.80 Å². The lowest BCUT2D eigenvalue weighted by atomic mass is 10.2. The minimum Gasteiger partial charge on any atom is -0.479 e. The van der Waals surface area contributed by atoms with E-state index >= 15 is 0 Å². The second-order valence-corrected chi connectivity index (χ2v) is 7.32. The number of sulfone groups is 1. The molecule has 2 fully saturated rings. The van der Waals surface area contributed by atoms with Crippen molar-refractivity contribution in [1.29, 1.82) is 0 Å². The fourth-order valence-electron chi connectivity index (χ4n) is 2.43. The monoisotopic (exact) mass is 306 g/mol. The van der Waals surface area contributed by atoms with E-state index in [-0.39, 0.29) is 36.7 Å². The minimum absolute atomic E-state index is 0.0159. The number of carboxylic acids is 1. The maximum absolute atomic E-state index is 12.3. The van der Waals surface area contributed by atoms with Gasteiger partial charge in [0.25, 0.3) is 0 Å². The largest absolute Gasteiger partial charge is 0.479 e. The Labute approximate surface area is 117 Å². The number of carbonyl (C=O) groups is 2. The van der Waals surface area contributed by atoms with Crippen LogP contribution in [0.4, 0.5) is 4.79 Å². The maximum atomic E-state index is 12.3. The topological polar surface area (TPSA) is 104 Å². The molecule has 20 heavy (non-hydrogen) atoms. The average Bonchev–Trinajstić information content (AvgIpc) is 2.77. The molecule has 1 N–H and O–H groups in total. The van der Waals surface area contributed by atoms with Crippen molar-refractivity contribution >= 4 is 21.8 Å². The molecule has 2 unspecified atom stereocenters. The van der Waals surface area contributed by atoms with Crippen LogP contribution in [0.1, 0.15) is 6.42 Å². The van der Waals surface area contributed by atoms with E-state index < -0.39 is 21.9 Å². The predicted molar refractivity (Wildman–Crippen MR) is 69.2 cm³/mol. The summed E-state index contributed by atoms with van der Waals surface area (Å²) >= 11 is 0. The summed E-state index contributed by atoms with van der Waals surface area (Å²) in [5.41, 5.74) is 0. The highest BCUT2D eigenvalue weighted by atomic mass is 32.2. The van der Waals surface area contributed by atoms with Gasteiger partial charge in [-0.2, -0.15) is 0 Å². The third kappa shape index (κ3) is 3.21. The first kappa shape index (κ1) is 15.0. The van der Waals surface area contributed by atoms with Gasteiger partial charge >= 0.3 is 12.0 Å². The summed E-state index contributed by atoms with van der Waals surface area (Å²) in [6, 6.07) is -0.680. The van der Waals surface area contributed by atoms with Gasteiger partial charge in [-0.3, -0.25) is 0 Å². The number of hydrogen-bond donors (Lipinski definition) is 1. The van der Waals surface area contributed by atoms with Crippen LogP contribution < -0.4 is 0 Å². The van der Waals surface area contributed by atoms with Crippen molar-refractivity contribution in [3.05, 3.63) is 0 Å². The summed E-state index contributed by atoms with van der Waals surface area (Å²) in [5.74, 6) is -1.04. The Balaban J connectivity index is 1.98. The Morgan fingerprint density at radius 2 is 2.10 bits per heavy atom. The molecule has 0 radical (unpaired) electrons. The first-order valence-corrected chi connectivity index (χ1v) is 8.19. The minimum atomic E-state index is -3.06. The molecule has 2 heterocycles.